The van der Waals surface area contributed by atoms with Crippen LogP contribution < -0.4 is 5.32 Å². The lowest BCUT2D eigenvalue weighted by molar-refractivity contribution is -0.142. The number of methoxy groups -OCH3 is 1. The van der Waals surface area contributed by atoms with Gasteiger partial charge in [0.2, 0.25) is 0 Å². The van der Waals surface area contributed by atoms with Crippen LogP contribution in [0.4, 0.5) is 0 Å². The van der Waals surface area contributed by atoms with Gasteiger partial charge in [-0.15, -0.1) is 0 Å². The van der Waals surface area contributed by atoms with E-state index in [1.54, 1.807) is 6.92 Å². The number of carbonyl (C=O) groups is 1. The number of esters is 1. The first-order valence-electron chi connectivity index (χ1n) is 5.39. The largest absolute Gasteiger partial charge is 0.468 e. The monoisotopic (exact) mass is 233 g/mol. The molecule has 0 saturated heterocycles. The van der Waals surface area contributed by atoms with Crippen LogP contribution in [-0.2, 0) is 14.3 Å². The van der Waals surface area contributed by atoms with Crippen molar-refractivity contribution in [3.8, 4) is 0 Å². The van der Waals surface area contributed by atoms with E-state index in [4.69, 9.17) is 4.74 Å². The molecule has 5 heteroatoms. The molecule has 0 aromatic carbocycles. The van der Waals surface area contributed by atoms with Crippen molar-refractivity contribution in [3.63, 3.8) is 0 Å². The highest BCUT2D eigenvalue weighted by molar-refractivity contribution is 5.75. The Kier molecular flexibility index (Phi) is 6.55. The molecule has 0 rings (SSSR count). The Bertz CT molecular complexity index is 213. The first-order chi connectivity index (χ1) is 7.26. The van der Waals surface area contributed by atoms with Crippen LogP contribution in [0.1, 0.15) is 27.7 Å². The van der Waals surface area contributed by atoms with Crippen molar-refractivity contribution in [2.45, 2.75) is 45.4 Å². The smallest absolute Gasteiger partial charge is 0.322 e. The van der Waals surface area contributed by atoms with Gasteiger partial charge in [-0.05, 0) is 27.7 Å². The third-order valence-corrected chi connectivity index (χ3v) is 1.92. The van der Waals surface area contributed by atoms with Gasteiger partial charge in [0.05, 0.1) is 25.4 Å². The van der Waals surface area contributed by atoms with E-state index in [-0.39, 0.29) is 18.2 Å². The standard InChI is InChI=1S/C11H23NO4/c1-8(10(14)15-5)12-6-9(13)7-16-11(2,3)4/h8-9,12-13H,6-7H2,1-5H3. The molecule has 0 amide bonds. The summed E-state index contributed by atoms with van der Waals surface area (Å²) in [6, 6.07) is -0.422. The van der Waals surface area contributed by atoms with Crippen LogP contribution in [0.2, 0.25) is 0 Å². The number of aliphatic hydroxyl groups excluding tert-OH is 1. The van der Waals surface area contributed by atoms with E-state index in [2.05, 4.69) is 10.1 Å². The highest BCUT2D eigenvalue weighted by Crippen LogP contribution is 2.06. The van der Waals surface area contributed by atoms with E-state index >= 15 is 0 Å². The Morgan fingerprint density at radius 1 is 1.44 bits per heavy atom. The summed E-state index contributed by atoms with van der Waals surface area (Å²) in [6.45, 7) is 7.98. The summed E-state index contributed by atoms with van der Waals surface area (Å²) in [5, 5.41) is 12.4. The predicted molar refractivity (Wildman–Crippen MR) is 61.2 cm³/mol. The Morgan fingerprint density at radius 3 is 2.44 bits per heavy atom. The molecule has 0 fully saturated rings. The van der Waals surface area contributed by atoms with Gasteiger partial charge in [0.1, 0.15) is 6.04 Å². The van der Waals surface area contributed by atoms with Crippen LogP contribution in [0.3, 0.4) is 0 Å². The maximum Gasteiger partial charge on any atom is 0.322 e. The molecule has 2 N–H and O–H groups in total. The molecular weight excluding hydrogens is 210 g/mol. The summed E-state index contributed by atoms with van der Waals surface area (Å²) in [5.74, 6) is -0.344. The SMILES string of the molecule is COC(=O)C(C)NCC(O)COC(C)(C)C. The summed E-state index contributed by atoms with van der Waals surface area (Å²) in [4.78, 5) is 11.0. The average molecular weight is 233 g/mol. The summed E-state index contributed by atoms with van der Waals surface area (Å²) < 4.78 is 9.95. The van der Waals surface area contributed by atoms with Gasteiger partial charge >= 0.3 is 5.97 Å². The Morgan fingerprint density at radius 2 is 2.00 bits per heavy atom. The molecule has 2 atom stereocenters. The van der Waals surface area contributed by atoms with Gasteiger partial charge in [0.15, 0.2) is 0 Å². The first kappa shape index (κ1) is 15.3. The van der Waals surface area contributed by atoms with Gasteiger partial charge in [-0.1, -0.05) is 0 Å². The number of rotatable bonds is 6. The molecule has 0 bridgehead atoms. The van der Waals surface area contributed by atoms with Crippen LogP contribution >= 0.6 is 0 Å². The minimum absolute atomic E-state index is 0.240. The van der Waals surface area contributed by atoms with Gasteiger partial charge in [-0.25, -0.2) is 0 Å². The number of hydrogen-bond donors (Lipinski definition) is 2. The topological polar surface area (TPSA) is 67.8 Å². The molecule has 0 aliphatic rings. The van der Waals surface area contributed by atoms with Crippen molar-refractivity contribution in [1.29, 1.82) is 0 Å². The van der Waals surface area contributed by atoms with Crippen molar-refractivity contribution in [2.75, 3.05) is 20.3 Å². The number of carbonyl (C=O) groups excluding carboxylic acids is 1. The molecule has 0 aliphatic heterocycles. The molecule has 5 nitrogen and oxygen atoms in total. The van der Waals surface area contributed by atoms with Crippen LogP contribution in [-0.4, -0.2) is 49.1 Å². The van der Waals surface area contributed by atoms with Gasteiger partial charge < -0.3 is 19.9 Å². The van der Waals surface area contributed by atoms with Crippen molar-refractivity contribution in [1.82, 2.24) is 5.32 Å². The molecule has 0 heterocycles. The van der Waals surface area contributed by atoms with Crippen LogP contribution in [0.5, 0.6) is 0 Å². The lowest BCUT2D eigenvalue weighted by Gasteiger charge is -2.22. The first-order valence-corrected chi connectivity index (χ1v) is 5.39. The summed E-state index contributed by atoms with van der Waals surface area (Å²) in [5.41, 5.74) is -0.269. The normalized spacial score (nSPS) is 15.6. The zero-order valence-electron chi connectivity index (χ0n) is 10.7. The molecule has 16 heavy (non-hydrogen) atoms. The lowest BCUT2D eigenvalue weighted by atomic mass is 10.2. The molecule has 0 saturated carbocycles. The van der Waals surface area contributed by atoms with Gasteiger partial charge in [0.25, 0.3) is 0 Å². The number of ether oxygens (including phenoxy) is 2. The van der Waals surface area contributed by atoms with E-state index in [0.717, 1.165) is 0 Å². The summed E-state index contributed by atoms with van der Waals surface area (Å²) in [7, 11) is 1.33. The van der Waals surface area contributed by atoms with Gasteiger partial charge in [0, 0.05) is 6.54 Å². The molecule has 2 unspecified atom stereocenters. The van der Waals surface area contributed by atoms with Crippen molar-refractivity contribution in [2.24, 2.45) is 0 Å². The minimum Gasteiger partial charge on any atom is -0.468 e. The lowest BCUT2D eigenvalue weighted by Crippen LogP contribution is -2.41. The molecule has 96 valence electrons. The molecular formula is C11H23NO4. The molecule has 0 radical (unpaired) electrons. The zero-order chi connectivity index (χ0) is 12.8. The zero-order valence-corrected chi connectivity index (χ0v) is 10.7. The fourth-order valence-corrected chi connectivity index (χ4v) is 0.978. The predicted octanol–water partition coefficient (Wildman–Crippen LogP) is 0.313. The summed E-state index contributed by atoms with van der Waals surface area (Å²) in [6.07, 6.45) is -0.633. The molecule has 0 aliphatic carbocycles. The Balaban J connectivity index is 3.73. The van der Waals surface area contributed by atoms with Crippen LogP contribution in [0.25, 0.3) is 0 Å². The van der Waals surface area contributed by atoms with E-state index < -0.39 is 12.1 Å². The fourth-order valence-electron chi connectivity index (χ4n) is 0.978. The number of hydrogen-bond acceptors (Lipinski definition) is 5. The van der Waals surface area contributed by atoms with Crippen molar-refractivity contribution in [3.05, 3.63) is 0 Å². The third kappa shape index (κ3) is 7.62. The molecule has 0 aromatic rings. The fraction of sp³-hybridized carbons (Fsp3) is 0.909. The second-order valence-electron chi connectivity index (χ2n) is 4.73. The Hall–Kier alpha value is -0.650. The Labute approximate surface area is 97.1 Å². The van der Waals surface area contributed by atoms with Crippen molar-refractivity contribution >= 4 is 5.97 Å². The maximum atomic E-state index is 11.0. The van der Waals surface area contributed by atoms with Crippen LogP contribution in [0.15, 0.2) is 0 Å². The highest BCUT2D eigenvalue weighted by atomic mass is 16.5. The van der Waals surface area contributed by atoms with Crippen LogP contribution in [0, 0.1) is 0 Å². The third-order valence-electron chi connectivity index (χ3n) is 1.92. The second-order valence-corrected chi connectivity index (χ2v) is 4.73. The van der Waals surface area contributed by atoms with Crippen molar-refractivity contribution < 1.29 is 19.4 Å². The number of nitrogens with one attached hydrogen (secondary N) is 1. The minimum atomic E-state index is -0.633. The molecule has 0 aromatic heterocycles. The maximum absolute atomic E-state index is 11.0. The van der Waals surface area contributed by atoms with Gasteiger partial charge in [-0.2, -0.15) is 0 Å². The van der Waals surface area contributed by atoms with E-state index in [0.29, 0.717) is 6.54 Å². The second kappa shape index (κ2) is 6.83. The number of aliphatic hydroxyl groups is 1. The van der Waals surface area contributed by atoms with E-state index in [1.807, 2.05) is 20.8 Å². The highest BCUT2D eigenvalue weighted by Gasteiger charge is 2.16. The molecule has 0 spiro atoms. The van der Waals surface area contributed by atoms with Gasteiger partial charge in [-0.3, -0.25) is 4.79 Å². The quantitative estimate of drug-likeness (QED) is 0.646. The summed E-state index contributed by atoms with van der Waals surface area (Å²) >= 11 is 0. The van der Waals surface area contributed by atoms with E-state index in [9.17, 15) is 9.90 Å². The van der Waals surface area contributed by atoms with E-state index in [1.165, 1.54) is 7.11 Å². The average Bonchev–Trinajstić information content (AvgIpc) is 2.20.